The van der Waals surface area contributed by atoms with E-state index in [-0.39, 0.29) is 22.9 Å². The van der Waals surface area contributed by atoms with Crippen LogP contribution in [0.3, 0.4) is 0 Å². The number of hydrazine groups is 1. The van der Waals surface area contributed by atoms with Crippen LogP contribution >= 0.6 is 0 Å². The molecule has 3 rings (SSSR count). The Kier molecular flexibility index (Phi) is 6.93. The Bertz CT molecular complexity index is 995. The van der Waals surface area contributed by atoms with Crippen molar-refractivity contribution in [2.24, 2.45) is 5.14 Å². The third kappa shape index (κ3) is 5.28. The largest absolute Gasteiger partial charge is 0.497 e. The van der Waals surface area contributed by atoms with Crippen LogP contribution < -0.4 is 30.8 Å². The molecule has 1 heterocycles. The maximum Gasteiger partial charge on any atom is 0.238 e. The van der Waals surface area contributed by atoms with E-state index >= 15 is 0 Å². The van der Waals surface area contributed by atoms with Crippen LogP contribution in [0.1, 0.15) is 23.6 Å². The van der Waals surface area contributed by atoms with E-state index in [1.807, 2.05) is 18.2 Å². The zero-order chi connectivity index (χ0) is 21.7. The molecular formula is C20H26N4O5S. The molecule has 0 aromatic heterocycles. The number of primary sulfonamides is 1. The number of hydrogen-bond acceptors (Lipinski definition) is 7. The SMILES string of the molecule is COc1ccc(C2CC(C(=O)NCCc3ccc(S(N)(=O)=O)cc3)NN2)c(OC)c1. The molecule has 1 amide bonds. The van der Waals surface area contributed by atoms with Gasteiger partial charge in [-0.15, -0.1) is 0 Å². The van der Waals surface area contributed by atoms with E-state index in [1.165, 1.54) is 12.1 Å². The maximum atomic E-state index is 12.5. The Morgan fingerprint density at radius 2 is 1.87 bits per heavy atom. The van der Waals surface area contributed by atoms with Crippen molar-refractivity contribution in [3.05, 3.63) is 53.6 Å². The summed E-state index contributed by atoms with van der Waals surface area (Å²) in [4.78, 5) is 12.6. The number of sulfonamides is 1. The molecule has 1 aliphatic heterocycles. The van der Waals surface area contributed by atoms with Gasteiger partial charge in [-0.25, -0.2) is 24.4 Å². The first-order valence-electron chi connectivity index (χ1n) is 9.44. The Balaban J connectivity index is 1.52. The highest BCUT2D eigenvalue weighted by Crippen LogP contribution is 2.33. The van der Waals surface area contributed by atoms with Gasteiger partial charge in [-0.3, -0.25) is 4.79 Å². The van der Waals surface area contributed by atoms with Crippen LogP contribution in [0.4, 0.5) is 0 Å². The minimum Gasteiger partial charge on any atom is -0.497 e. The Morgan fingerprint density at radius 3 is 2.50 bits per heavy atom. The van der Waals surface area contributed by atoms with Gasteiger partial charge in [0.15, 0.2) is 0 Å². The fourth-order valence-corrected chi connectivity index (χ4v) is 3.85. The molecule has 1 saturated heterocycles. The van der Waals surface area contributed by atoms with Gasteiger partial charge in [0.25, 0.3) is 0 Å². The van der Waals surface area contributed by atoms with Crippen LogP contribution in [0.2, 0.25) is 0 Å². The second-order valence-corrected chi connectivity index (χ2v) is 8.53. The van der Waals surface area contributed by atoms with Gasteiger partial charge in [-0.1, -0.05) is 18.2 Å². The topological polar surface area (TPSA) is 132 Å². The highest BCUT2D eigenvalue weighted by Gasteiger charge is 2.31. The summed E-state index contributed by atoms with van der Waals surface area (Å²) in [5.41, 5.74) is 8.02. The average molecular weight is 435 g/mol. The lowest BCUT2D eigenvalue weighted by molar-refractivity contribution is -0.122. The van der Waals surface area contributed by atoms with Crippen LogP contribution in [0.15, 0.2) is 47.4 Å². The summed E-state index contributed by atoms with van der Waals surface area (Å²) in [6.45, 7) is 0.433. The summed E-state index contributed by atoms with van der Waals surface area (Å²) in [5.74, 6) is 1.28. The highest BCUT2D eigenvalue weighted by molar-refractivity contribution is 7.89. The summed E-state index contributed by atoms with van der Waals surface area (Å²) in [6, 6.07) is 11.4. The van der Waals surface area contributed by atoms with Gasteiger partial charge in [-0.05, 0) is 36.6 Å². The van der Waals surface area contributed by atoms with E-state index in [4.69, 9.17) is 14.6 Å². The highest BCUT2D eigenvalue weighted by atomic mass is 32.2. The first-order valence-corrected chi connectivity index (χ1v) is 11.0. The maximum absolute atomic E-state index is 12.5. The first kappa shape index (κ1) is 22.0. The predicted octanol–water partition coefficient (Wildman–Crippen LogP) is 0.618. The van der Waals surface area contributed by atoms with Crippen molar-refractivity contribution in [1.29, 1.82) is 0 Å². The number of ether oxygens (including phenoxy) is 2. The second-order valence-electron chi connectivity index (χ2n) is 6.97. The summed E-state index contributed by atoms with van der Waals surface area (Å²) < 4.78 is 33.2. The molecule has 0 spiro atoms. The number of nitrogens with one attached hydrogen (secondary N) is 3. The molecule has 10 heteroatoms. The molecule has 0 radical (unpaired) electrons. The van der Waals surface area contributed by atoms with Crippen molar-refractivity contribution in [3.63, 3.8) is 0 Å². The van der Waals surface area contributed by atoms with E-state index in [0.717, 1.165) is 11.1 Å². The van der Waals surface area contributed by atoms with Crippen LogP contribution in [0, 0.1) is 0 Å². The first-order chi connectivity index (χ1) is 14.3. The van der Waals surface area contributed by atoms with Crippen molar-refractivity contribution in [2.45, 2.75) is 29.8 Å². The fraction of sp³-hybridized carbons (Fsp3) is 0.350. The van der Waals surface area contributed by atoms with E-state index in [1.54, 1.807) is 26.4 Å². The molecule has 2 aromatic rings. The zero-order valence-electron chi connectivity index (χ0n) is 16.8. The van der Waals surface area contributed by atoms with E-state index in [9.17, 15) is 13.2 Å². The fourth-order valence-electron chi connectivity index (χ4n) is 3.34. The number of benzene rings is 2. The number of hydrogen-bond donors (Lipinski definition) is 4. The van der Waals surface area contributed by atoms with Gasteiger partial charge in [0.05, 0.1) is 25.2 Å². The average Bonchev–Trinajstić information content (AvgIpc) is 3.23. The summed E-state index contributed by atoms with van der Waals surface area (Å²) in [5, 5.41) is 7.99. The van der Waals surface area contributed by atoms with Gasteiger partial charge in [0.2, 0.25) is 15.9 Å². The van der Waals surface area contributed by atoms with Gasteiger partial charge < -0.3 is 14.8 Å². The Hall–Kier alpha value is -2.66. The second kappa shape index (κ2) is 9.43. The molecule has 2 unspecified atom stereocenters. The van der Waals surface area contributed by atoms with Gasteiger partial charge >= 0.3 is 0 Å². The number of carbonyl (C=O) groups is 1. The predicted molar refractivity (Wildman–Crippen MR) is 111 cm³/mol. The molecule has 9 nitrogen and oxygen atoms in total. The van der Waals surface area contributed by atoms with Crippen LogP contribution in [-0.2, 0) is 21.2 Å². The smallest absolute Gasteiger partial charge is 0.238 e. The molecule has 0 bridgehead atoms. The summed E-state index contributed by atoms with van der Waals surface area (Å²) in [7, 11) is -0.509. The lowest BCUT2D eigenvalue weighted by Crippen LogP contribution is -2.43. The van der Waals surface area contributed by atoms with Gasteiger partial charge in [0.1, 0.15) is 17.5 Å². The number of methoxy groups -OCH3 is 2. The van der Waals surface area contributed by atoms with Crippen molar-refractivity contribution in [3.8, 4) is 11.5 Å². The number of rotatable bonds is 8. The third-order valence-corrected chi connectivity index (χ3v) is 5.93. The third-order valence-electron chi connectivity index (χ3n) is 5.00. The van der Waals surface area contributed by atoms with Crippen molar-refractivity contribution in [2.75, 3.05) is 20.8 Å². The Labute approximate surface area is 176 Å². The minimum atomic E-state index is -3.70. The van der Waals surface area contributed by atoms with Crippen LogP contribution in [0.5, 0.6) is 11.5 Å². The summed E-state index contributed by atoms with van der Waals surface area (Å²) >= 11 is 0. The molecule has 2 aromatic carbocycles. The van der Waals surface area contributed by atoms with Crippen molar-refractivity contribution in [1.82, 2.24) is 16.2 Å². The minimum absolute atomic E-state index is 0.0662. The lowest BCUT2D eigenvalue weighted by atomic mass is 10.0. The molecule has 5 N–H and O–H groups in total. The normalized spacial score (nSPS) is 18.8. The quantitative estimate of drug-likeness (QED) is 0.479. The number of carbonyl (C=O) groups excluding carboxylic acids is 1. The Morgan fingerprint density at radius 1 is 1.13 bits per heavy atom. The van der Waals surface area contributed by atoms with E-state index in [2.05, 4.69) is 16.2 Å². The number of amides is 1. The van der Waals surface area contributed by atoms with Crippen molar-refractivity contribution < 1.29 is 22.7 Å². The molecule has 1 aliphatic rings. The van der Waals surface area contributed by atoms with Crippen LogP contribution in [-0.4, -0.2) is 41.1 Å². The molecule has 0 saturated carbocycles. The molecule has 2 atom stereocenters. The molecule has 30 heavy (non-hydrogen) atoms. The van der Waals surface area contributed by atoms with Gasteiger partial charge in [0, 0.05) is 18.2 Å². The molecule has 0 aliphatic carbocycles. The summed E-state index contributed by atoms with van der Waals surface area (Å²) in [6.07, 6.45) is 1.14. The molecule has 162 valence electrons. The molecule has 1 fully saturated rings. The van der Waals surface area contributed by atoms with Crippen molar-refractivity contribution >= 4 is 15.9 Å². The van der Waals surface area contributed by atoms with E-state index in [0.29, 0.717) is 30.9 Å². The zero-order valence-corrected chi connectivity index (χ0v) is 17.7. The van der Waals surface area contributed by atoms with Gasteiger partial charge in [-0.2, -0.15) is 0 Å². The standard InChI is InChI=1S/C20H26N4O5S/c1-28-14-5-8-16(19(11-14)29-2)17-12-18(24-23-17)20(25)22-10-9-13-3-6-15(7-4-13)30(21,26)27/h3-8,11,17-18,23-24H,9-10,12H2,1-2H3,(H,22,25)(H2,21,26,27). The lowest BCUT2D eigenvalue weighted by Gasteiger charge is -2.15. The molecular weight excluding hydrogens is 408 g/mol. The number of nitrogens with two attached hydrogens (primary N) is 1. The van der Waals surface area contributed by atoms with Crippen LogP contribution in [0.25, 0.3) is 0 Å². The van der Waals surface area contributed by atoms with E-state index < -0.39 is 10.0 Å². The monoisotopic (exact) mass is 434 g/mol.